The Labute approximate surface area is 236 Å². The van der Waals surface area contributed by atoms with E-state index in [0.29, 0.717) is 46.7 Å². The average Bonchev–Trinajstić information content (AvgIpc) is 2.93. The molecule has 1 aliphatic heterocycles. The van der Waals surface area contributed by atoms with E-state index in [-0.39, 0.29) is 18.9 Å². The topological polar surface area (TPSA) is 70.1 Å². The normalized spacial score (nSPS) is 22.2. The van der Waals surface area contributed by atoms with Gasteiger partial charge in [-0.3, -0.25) is 4.90 Å². The highest BCUT2D eigenvalue weighted by atomic mass is 35.5. The number of benzene rings is 1. The molecule has 1 N–H and O–H groups in total. The molecule has 2 unspecified atom stereocenters. The standard InChI is InChI=1S/C29H31ClF3N7/c1-19(2)21-6-8-22(9-7-21)23-15-28(29(31,32)33,11-10-25(23)38-27-36-17-34-18-37-27)40-14-13-39(16-20(40)3)26-24(30)5-4-12-35-26/h4-10,12,15,17-20H,11,13-14,16H2,1-3H3,(H,34,36,37,38). The fourth-order valence-corrected chi connectivity index (χ4v) is 5.73. The summed E-state index contributed by atoms with van der Waals surface area (Å²) in [5.74, 6) is 1.15. The van der Waals surface area contributed by atoms with Gasteiger partial charge in [0.05, 0.1) is 5.02 Å². The van der Waals surface area contributed by atoms with Gasteiger partial charge >= 0.3 is 6.18 Å². The number of rotatable bonds is 6. The van der Waals surface area contributed by atoms with E-state index < -0.39 is 17.8 Å². The van der Waals surface area contributed by atoms with Gasteiger partial charge in [-0.25, -0.2) is 19.9 Å². The van der Waals surface area contributed by atoms with Gasteiger partial charge in [0.2, 0.25) is 5.95 Å². The molecule has 2 aliphatic rings. The summed E-state index contributed by atoms with van der Waals surface area (Å²) >= 11 is 6.35. The quantitative estimate of drug-likeness (QED) is 0.371. The van der Waals surface area contributed by atoms with Gasteiger partial charge in [0.15, 0.2) is 0 Å². The first-order valence-electron chi connectivity index (χ1n) is 13.2. The van der Waals surface area contributed by atoms with Crippen LogP contribution in [-0.2, 0) is 0 Å². The van der Waals surface area contributed by atoms with Gasteiger partial charge in [-0.1, -0.05) is 55.8 Å². The summed E-state index contributed by atoms with van der Waals surface area (Å²) in [6.07, 6.45) is 2.51. The van der Waals surface area contributed by atoms with Crippen molar-refractivity contribution in [3.63, 3.8) is 0 Å². The van der Waals surface area contributed by atoms with Crippen molar-refractivity contribution < 1.29 is 13.2 Å². The van der Waals surface area contributed by atoms with Gasteiger partial charge in [-0.15, -0.1) is 0 Å². The molecule has 2 aromatic heterocycles. The van der Waals surface area contributed by atoms with Crippen molar-refractivity contribution in [2.24, 2.45) is 0 Å². The Morgan fingerprint density at radius 3 is 2.40 bits per heavy atom. The molecule has 5 rings (SSSR count). The first-order valence-corrected chi connectivity index (χ1v) is 13.6. The highest BCUT2D eigenvalue weighted by Crippen LogP contribution is 2.47. The average molecular weight is 570 g/mol. The number of hydrogen-bond donors (Lipinski definition) is 1. The smallest absolute Gasteiger partial charge is 0.353 e. The third kappa shape index (κ3) is 5.42. The summed E-state index contributed by atoms with van der Waals surface area (Å²) in [5, 5.41) is 3.60. The van der Waals surface area contributed by atoms with Crippen LogP contribution in [0.25, 0.3) is 5.57 Å². The number of allylic oxidation sites excluding steroid dienone is 1. The minimum Gasteiger partial charge on any atom is -0.353 e. The van der Waals surface area contributed by atoms with Crippen molar-refractivity contribution >= 4 is 28.9 Å². The van der Waals surface area contributed by atoms with Crippen LogP contribution < -0.4 is 10.2 Å². The van der Waals surface area contributed by atoms with Crippen LogP contribution in [0.3, 0.4) is 0 Å². The van der Waals surface area contributed by atoms with Gasteiger partial charge in [-0.2, -0.15) is 13.2 Å². The van der Waals surface area contributed by atoms with E-state index in [4.69, 9.17) is 11.6 Å². The fraction of sp³-hybridized carbons (Fsp3) is 0.379. The molecule has 1 fully saturated rings. The van der Waals surface area contributed by atoms with Crippen LogP contribution in [-0.4, -0.2) is 62.2 Å². The Morgan fingerprint density at radius 2 is 1.77 bits per heavy atom. The Morgan fingerprint density at radius 1 is 1.05 bits per heavy atom. The number of hydrogen-bond acceptors (Lipinski definition) is 7. The van der Waals surface area contributed by atoms with Crippen LogP contribution in [0.2, 0.25) is 5.02 Å². The summed E-state index contributed by atoms with van der Waals surface area (Å²) in [5.41, 5.74) is 0.549. The molecule has 0 spiro atoms. The molecular weight excluding hydrogens is 539 g/mol. The van der Waals surface area contributed by atoms with Crippen LogP contribution in [0.15, 0.2) is 73.1 Å². The van der Waals surface area contributed by atoms with Gasteiger partial charge in [-0.05, 0) is 48.6 Å². The lowest BCUT2D eigenvalue weighted by Crippen LogP contribution is -2.66. The highest BCUT2D eigenvalue weighted by molar-refractivity contribution is 6.32. The summed E-state index contributed by atoms with van der Waals surface area (Å²) in [6, 6.07) is 10.7. The van der Waals surface area contributed by atoms with Crippen molar-refractivity contribution in [3.8, 4) is 0 Å². The maximum Gasteiger partial charge on any atom is 0.410 e. The molecule has 1 saturated heterocycles. The number of nitrogens with zero attached hydrogens (tertiary/aromatic N) is 6. The second-order valence-electron chi connectivity index (χ2n) is 10.5. The molecule has 0 bridgehead atoms. The Hall–Kier alpha value is -3.50. The lowest BCUT2D eigenvalue weighted by Gasteiger charge is -2.51. The number of halogens is 4. The molecule has 0 saturated carbocycles. The molecule has 210 valence electrons. The van der Waals surface area contributed by atoms with Gasteiger partial charge in [0.25, 0.3) is 0 Å². The third-order valence-electron chi connectivity index (χ3n) is 7.59. The van der Waals surface area contributed by atoms with Gasteiger partial charge in [0, 0.05) is 43.1 Å². The summed E-state index contributed by atoms with van der Waals surface area (Å²) < 4.78 is 45.7. The SMILES string of the molecule is CC(C)c1ccc(C2=CC(N3CCN(c4ncccc4Cl)CC3C)(C(F)(F)F)CC=C2Nc2ncncn2)cc1. The lowest BCUT2D eigenvalue weighted by atomic mass is 9.80. The zero-order chi connectivity index (χ0) is 28.5. The Kier molecular flexibility index (Phi) is 7.83. The molecule has 0 amide bonds. The fourth-order valence-electron chi connectivity index (χ4n) is 5.49. The number of pyridine rings is 1. The molecule has 7 nitrogen and oxygen atoms in total. The monoisotopic (exact) mass is 569 g/mol. The van der Waals surface area contributed by atoms with E-state index in [9.17, 15) is 0 Å². The van der Waals surface area contributed by atoms with Crippen LogP contribution in [0, 0.1) is 0 Å². The third-order valence-corrected chi connectivity index (χ3v) is 7.88. The summed E-state index contributed by atoms with van der Waals surface area (Å²) in [7, 11) is 0. The van der Waals surface area contributed by atoms with Crippen LogP contribution in [0.5, 0.6) is 0 Å². The minimum atomic E-state index is -4.54. The van der Waals surface area contributed by atoms with E-state index in [1.54, 1.807) is 29.3 Å². The molecule has 1 aromatic carbocycles. The van der Waals surface area contributed by atoms with Gasteiger partial charge < -0.3 is 10.2 Å². The van der Waals surface area contributed by atoms with Crippen molar-refractivity contribution in [2.45, 2.75) is 50.9 Å². The van der Waals surface area contributed by atoms with Crippen molar-refractivity contribution in [1.82, 2.24) is 24.8 Å². The van der Waals surface area contributed by atoms with E-state index in [0.717, 1.165) is 5.56 Å². The maximum atomic E-state index is 15.2. The van der Waals surface area contributed by atoms with Crippen LogP contribution in [0.4, 0.5) is 24.9 Å². The molecule has 3 heterocycles. The van der Waals surface area contributed by atoms with Crippen molar-refractivity contribution in [3.05, 3.63) is 89.2 Å². The minimum absolute atomic E-state index is 0.188. The molecular formula is C29H31ClF3N7. The number of piperazine rings is 1. The summed E-state index contributed by atoms with van der Waals surface area (Å²) in [4.78, 5) is 19.9. The maximum absolute atomic E-state index is 15.2. The lowest BCUT2D eigenvalue weighted by molar-refractivity contribution is -0.221. The first-order chi connectivity index (χ1) is 19.1. The van der Waals surface area contributed by atoms with E-state index in [2.05, 4.69) is 39.1 Å². The second-order valence-corrected chi connectivity index (χ2v) is 10.9. The zero-order valence-corrected chi connectivity index (χ0v) is 23.3. The molecule has 3 aromatic rings. The number of alkyl halides is 3. The molecule has 40 heavy (non-hydrogen) atoms. The Bertz CT molecular complexity index is 1390. The first kappa shape index (κ1) is 28.0. The highest BCUT2D eigenvalue weighted by Gasteiger charge is 2.59. The number of nitrogens with one attached hydrogen (secondary N) is 1. The van der Waals surface area contributed by atoms with Crippen LogP contribution in [0.1, 0.15) is 44.2 Å². The van der Waals surface area contributed by atoms with E-state index >= 15 is 13.2 Å². The van der Waals surface area contributed by atoms with Crippen LogP contribution >= 0.6 is 11.6 Å². The predicted molar refractivity (Wildman–Crippen MR) is 151 cm³/mol. The number of aromatic nitrogens is 4. The molecule has 11 heteroatoms. The summed E-state index contributed by atoms with van der Waals surface area (Å²) in [6.45, 7) is 6.90. The largest absolute Gasteiger partial charge is 0.410 e. The predicted octanol–water partition coefficient (Wildman–Crippen LogP) is 6.34. The molecule has 2 atom stereocenters. The second kappa shape index (κ2) is 11.2. The van der Waals surface area contributed by atoms with Gasteiger partial charge in [0.1, 0.15) is 24.0 Å². The molecule has 0 radical (unpaired) electrons. The van der Waals surface area contributed by atoms with Crippen molar-refractivity contribution in [1.29, 1.82) is 0 Å². The van der Waals surface area contributed by atoms with E-state index in [1.807, 2.05) is 36.1 Å². The van der Waals surface area contributed by atoms with E-state index in [1.165, 1.54) is 18.7 Å². The Balaban J connectivity index is 1.54. The molecule has 1 aliphatic carbocycles. The number of anilines is 2. The van der Waals surface area contributed by atoms with Crippen molar-refractivity contribution in [2.75, 3.05) is 29.9 Å². The zero-order valence-electron chi connectivity index (χ0n) is 22.5.